The molecule has 0 aromatic heterocycles. The molecule has 1 amide bonds. The van der Waals surface area contributed by atoms with Crippen molar-refractivity contribution in [3.63, 3.8) is 0 Å². The molecular formula is C12H20ClN3O. The van der Waals surface area contributed by atoms with Crippen LogP contribution in [0.15, 0.2) is 24.3 Å². The molecule has 0 spiro atoms. The smallest absolute Gasteiger partial charge is 0.241 e. The summed E-state index contributed by atoms with van der Waals surface area (Å²) in [7, 11) is 0. The molecule has 0 heterocycles. The molecule has 17 heavy (non-hydrogen) atoms. The first-order valence-electron chi connectivity index (χ1n) is 5.22. The van der Waals surface area contributed by atoms with Crippen LogP contribution in [0.25, 0.3) is 0 Å². The molecule has 1 rings (SSSR count). The van der Waals surface area contributed by atoms with Crippen LogP contribution in [-0.2, 0) is 4.79 Å². The van der Waals surface area contributed by atoms with Gasteiger partial charge < -0.3 is 16.8 Å². The second kappa shape index (κ2) is 5.89. The third-order valence-electron chi connectivity index (χ3n) is 2.08. The van der Waals surface area contributed by atoms with Gasteiger partial charge in [-0.1, -0.05) is 12.1 Å². The average molecular weight is 258 g/mol. The van der Waals surface area contributed by atoms with Gasteiger partial charge in [-0.3, -0.25) is 4.79 Å². The number of nitrogens with one attached hydrogen (secondary N) is 1. The maximum atomic E-state index is 11.8. The zero-order chi connectivity index (χ0) is 12.3. The van der Waals surface area contributed by atoms with Crippen molar-refractivity contribution in [2.75, 3.05) is 5.73 Å². The van der Waals surface area contributed by atoms with Crippen molar-refractivity contribution in [1.82, 2.24) is 5.32 Å². The van der Waals surface area contributed by atoms with Crippen molar-refractivity contribution in [3.05, 3.63) is 29.8 Å². The Morgan fingerprint density at radius 3 is 2.12 bits per heavy atom. The molecule has 96 valence electrons. The SMILES string of the molecule is CC(C)(C)NC(=O)C(N)c1ccc(N)cc1.Cl. The highest BCUT2D eigenvalue weighted by Crippen LogP contribution is 2.14. The summed E-state index contributed by atoms with van der Waals surface area (Å²) in [6.45, 7) is 5.75. The van der Waals surface area contributed by atoms with Crippen LogP contribution < -0.4 is 16.8 Å². The van der Waals surface area contributed by atoms with Crippen LogP contribution in [0.5, 0.6) is 0 Å². The Balaban J connectivity index is 0.00000256. The number of hydrogen-bond donors (Lipinski definition) is 3. The second-order valence-electron chi connectivity index (χ2n) is 4.88. The van der Waals surface area contributed by atoms with Gasteiger partial charge in [0.05, 0.1) is 0 Å². The van der Waals surface area contributed by atoms with Crippen LogP contribution in [0, 0.1) is 0 Å². The fraction of sp³-hybridized carbons (Fsp3) is 0.417. The van der Waals surface area contributed by atoms with Crippen molar-refractivity contribution in [3.8, 4) is 0 Å². The Bertz CT molecular complexity index is 370. The van der Waals surface area contributed by atoms with Crippen molar-refractivity contribution in [2.24, 2.45) is 5.73 Å². The van der Waals surface area contributed by atoms with E-state index in [1.165, 1.54) is 0 Å². The molecule has 4 nitrogen and oxygen atoms in total. The molecule has 5 N–H and O–H groups in total. The highest BCUT2D eigenvalue weighted by atomic mass is 35.5. The Morgan fingerprint density at radius 2 is 1.71 bits per heavy atom. The number of benzene rings is 1. The standard InChI is InChI=1S/C12H19N3O.ClH/c1-12(2,3)15-11(16)10(14)8-4-6-9(13)7-5-8;/h4-7,10H,13-14H2,1-3H3,(H,15,16);1H. The quantitative estimate of drug-likeness (QED) is 0.704. The van der Waals surface area contributed by atoms with E-state index in [9.17, 15) is 4.79 Å². The Labute approximate surface area is 108 Å². The number of halogens is 1. The lowest BCUT2D eigenvalue weighted by Gasteiger charge is -2.23. The van der Waals surface area contributed by atoms with Gasteiger partial charge >= 0.3 is 0 Å². The molecule has 0 saturated carbocycles. The normalized spacial score (nSPS) is 12.5. The fourth-order valence-corrected chi connectivity index (χ4v) is 1.30. The fourth-order valence-electron chi connectivity index (χ4n) is 1.30. The minimum absolute atomic E-state index is 0. The van der Waals surface area contributed by atoms with Crippen molar-refractivity contribution in [2.45, 2.75) is 32.4 Å². The lowest BCUT2D eigenvalue weighted by Crippen LogP contribution is -2.45. The van der Waals surface area contributed by atoms with E-state index >= 15 is 0 Å². The van der Waals surface area contributed by atoms with Gasteiger partial charge in [0.25, 0.3) is 0 Å². The van der Waals surface area contributed by atoms with E-state index in [-0.39, 0.29) is 23.9 Å². The summed E-state index contributed by atoms with van der Waals surface area (Å²) in [5.74, 6) is -0.183. The van der Waals surface area contributed by atoms with Crippen LogP contribution >= 0.6 is 12.4 Å². The number of amides is 1. The minimum Gasteiger partial charge on any atom is -0.399 e. The number of hydrogen-bond acceptors (Lipinski definition) is 3. The Morgan fingerprint density at radius 1 is 1.24 bits per heavy atom. The van der Waals surface area contributed by atoms with Gasteiger partial charge in [-0.2, -0.15) is 0 Å². The summed E-state index contributed by atoms with van der Waals surface area (Å²) in [5.41, 5.74) is 12.6. The minimum atomic E-state index is -0.653. The van der Waals surface area contributed by atoms with E-state index in [2.05, 4.69) is 5.32 Å². The Hall–Kier alpha value is -1.26. The maximum Gasteiger partial charge on any atom is 0.241 e. The molecule has 0 saturated heterocycles. The molecule has 0 aliphatic heterocycles. The van der Waals surface area contributed by atoms with E-state index in [0.29, 0.717) is 5.69 Å². The molecular weight excluding hydrogens is 238 g/mol. The van der Waals surface area contributed by atoms with Gasteiger partial charge in [-0.25, -0.2) is 0 Å². The average Bonchev–Trinajstić information content (AvgIpc) is 2.15. The number of carbonyl (C=O) groups excluding carboxylic acids is 1. The number of rotatable bonds is 2. The predicted molar refractivity (Wildman–Crippen MR) is 72.9 cm³/mol. The van der Waals surface area contributed by atoms with Crippen LogP contribution in [0.4, 0.5) is 5.69 Å². The summed E-state index contributed by atoms with van der Waals surface area (Å²) in [6, 6.07) is 6.35. The lowest BCUT2D eigenvalue weighted by molar-refractivity contribution is -0.123. The third kappa shape index (κ3) is 5.06. The molecule has 1 unspecified atom stereocenters. The van der Waals surface area contributed by atoms with E-state index in [1.54, 1.807) is 24.3 Å². The molecule has 0 aliphatic carbocycles. The topological polar surface area (TPSA) is 81.1 Å². The van der Waals surface area contributed by atoms with Crippen molar-refractivity contribution in [1.29, 1.82) is 0 Å². The third-order valence-corrected chi connectivity index (χ3v) is 2.08. The largest absolute Gasteiger partial charge is 0.399 e. The number of anilines is 1. The first kappa shape index (κ1) is 15.7. The second-order valence-corrected chi connectivity index (χ2v) is 4.88. The molecule has 0 radical (unpaired) electrons. The summed E-state index contributed by atoms with van der Waals surface area (Å²) in [4.78, 5) is 11.8. The molecule has 0 aliphatic rings. The van der Waals surface area contributed by atoms with E-state index in [1.807, 2.05) is 20.8 Å². The van der Waals surface area contributed by atoms with Gasteiger partial charge in [0.2, 0.25) is 5.91 Å². The maximum absolute atomic E-state index is 11.8. The molecule has 5 heteroatoms. The number of nitrogen functional groups attached to an aromatic ring is 1. The van der Waals surface area contributed by atoms with Gasteiger partial charge in [-0.05, 0) is 38.5 Å². The van der Waals surface area contributed by atoms with Crippen LogP contribution in [0.3, 0.4) is 0 Å². The zero-order valence-corrected chi connectivity index (χ0v) is 11.2. The highest BCUT2D eigenvalue weighted by Gasteiger charge is 2.20. The van der Waals surface area contributed by atoms with E-state index in [4.69, 9.17) is 11.5 Å². The van der Waals surface area contributed by atoms with Crippen LogP contribution in [-0.4, -0.2) is 11.4 Å². The van der Waals surface area contributed by atoms with Gasteiger partial charge in [0.15, 0.2) is 0 Å². The first-order chi connectivity index (χ1) is 7.29. The van der Waals surface area contributed by atoms with Crippen LogP contribution in [0.1, 0.15) is 32.4 Å². The molecule has 1 atom stereocenters. The summed E-state index contributed by atoms with van der Waals surface area (Å²) in [6.07, 6.45) is 0. The van der Waals surface area contributed by atoms with Gasteiger partial charge in [0.1, 0.15) is 6.04 Å². The first-order valence-corrected chi connectivity index (χ1v) is 5.22. The lowest BCUT2D eigenvalue weighted by atomic mass is 10.0. The molecule has 0 bridgehead atoms. The monoisotopic (exact) mass is 257 g/mol. The Kier molecular flexibility index (Phi) is 5.45. The summed E-state index contributed by atoms with van der Waals surface area (Å²) >= 11 is 0. The van der Waals surface area contributed by atoms with Gasteiger partial charge in [0, 0.05) is 11.2 Å². The highest BCUT2D eigenvalue weighted by molar-refractivity contribution is 5.85. The van der Waals surface area contributed by atoms with Gasteiger partial charge in [-0.15, -0.1) is 12.4 Å². The van der Waals surface area contributed by atoms with E-state index < -0.39 is 6.04 Å². The van der Waals surface area contributed by atoms with Crippen molar-refractivity contribution < 1.29 is 4.79 Å². The molecule has 1 aromatic rings. The number of nitrogens with two attached hydrogens (primary N) is 2. The summed E-state index contributed by atoms with van der Waals surface area (Å²) < 4.78 is 0. The zero-order valence-electron chi connectivity index (χ0n) is 10.4. The number of carbonyl (C=O) groups is 1. The van der Waals surface area contributed by atoms with Crippen molar-refractivity contribution >= 4 is 24.0 Å². The summed E-state index contributed by atoms with van der Waals surface area (Å²) in [5, 5.41) is 2.84. The van der Waals surface area contributed by atoms with Crippen LogP contribution in [0.2, 0.25) is 0 Å². The molecule has 0 fully saturated rings. The predicted octanol–water partition coefficient (Wildman–Crippen LogP) is 1.61. The molecule has 1 aromatic carbocycles. The van der Waals surface area contributed by atoms with E-state index in [0.717, 1.165) is 5.56 Å².